The number of hydrogen-bond acceptors (Lipinski definition) is 8. The summed E-state index contributed by atoms with van der Waals surface area (Å²) in [7, 11) is 4.83. The molecule has 1 aromatic heterocycles. The van der Waals surface area contributed by atoms with Crippen molar-refractivity contribution < 1.29 is 19.0 Å². The molecule has 2 N–H and O–H groups in total. The van der Waals surface area contributed by atoms with Crippen molar-refractivity contribution in [3.8, 4) is 22.9 Å². The van der Waals surface area contributed by atoms with Crippen LogP contribution >= 0.6 is 11.8 Å². The Morgan fingerprint density at radius 3 is 2.19 bits per heavy atom. The maximum atomic E-state index is 12.7. The molecule has 1 amide bonds. The van der Waals surface area contributed by atoms with Crippen molar-refractivity contribution in [2.45, 2.75) is 11.7 Å². The number of ether oxygens (including phenoxy) is 3. The molecular formula is C26H27N5O4S. The minimum atomic E-state index is -0.174. The molecule has 3 aromatic carbocycles. The van der Waals surface area contributed by atoms with Gasteiger partial charge in [0, 0.05) is 11.4 Å². The number of carbonyl (C=O) groups excluding carboxylic acids is 1. The average molecular weight is 506 g/mol. The quantitative estimate of drug-likeness (QED) is 0.285. The van der Waals surface area contributed by atoms with Gasteiger partial charge in [-0.05, 0) is 60.7 Å². The Hall–Kier alpha value is -4.18. The molecule has 0 unspecified atom stereocenters. The normalized spacial score (nSPS) is 10.5. The number of rotatable bonds is 11. The minimum Gasteiger partial charge on any atom is -0.497 e. The Morgan fingerprint density at radius 1 is 0.861 bits per heavy atom. The Balaban J connectivity index is 1.51. The van der Waals surface area contributed by atoms with Gasteiger partial charge in [-0.15, -0.1) is 10.2 Å². The van der Waals surface area contributed by atoms with Crippen molar-refractivity contribution in [3.05, 3.63) is 78.6 Å². The Morgan fingerprint density at radius 2 is 1.53 bits per heavy atom. The molecule has 0 spiro atoms. The lowest BCUT2D eigenvalue weighted by Gasteiger charge is -2.13. The fourth-order valence-electron chi connectivity index (χ4n) is 3.45. The van der Waals surface area contributed by atoms with Crippen LogP contribution in [-0.2, 0) is 11.3 Å². The number of aromatic nitrogens is 3. The number of nitrogens with zero attached hydrogens (tertiary/aromatic N) is 3. The molecule has 0 fully saturated rings. The monoisotopic (exact) mass is 505 g/mol. The Labute approximate surface area is 213 Å². The summed E-state index contributed by atoms with van der Waals surface area (Å²) in [5.74, 6) is 2.81. The van der Waals surface area contributed by atoms with Crippen molar-refractivity contribution >= 4 is 29.0 Å². The van der Waals surface area contributed by atoms with Crippen molar-refractivity contribution in [2.75, 3.05) is 37.7 Å². The first-order chi connectivity index (χ1) is 17.6. The van der Waals surface area contributed by atoms with Crippen LogP contribution in [0, 0.1) is 0 Å². The number of nitrogens with one attached hydrogen (secondary N) is 2. The second kappa shape index (κ2) is 12.0. The molecule has 1 heterocycles. The molecule has 0 aliphatic carbocycles. The van der Waals surface area contributed by atoms with Crippen LogP contribution in [0.1, 0.15) is 5.82 Å². The summed E-state index contributed by atoms with van der Waals surface area (Å²) in [5, 5.41) is 15.6. The largest absolute Gasteiger partial charge is 0.497 e. The van der Waals surface area contributed by atoms with Crippen LogP contribution in [0.15, 0.2) is 78.0 Å². The van der Waals surface area contributed by atoms with Crippen LogP contribution in [0.4, 0.5) is 11.4 Å². The summed E-state index contributed by atoms with van der Waals surface area (Å²) in [6.07, 6.45) is 0. The summed E-state index contributed by atoms with van der Waals surface area (Å²) in [6.45, 7) is 0.430. The third-order valence-corrected chi connectivity index (χ3v) is 6.21. The summed E-state index contributed by atoms with van der Waals surface area (Å²) in [5.41, 5.74) is 2.40. The topological polar surface area (TPSA) is 99.5 Å². The van der Waals surface area contributed by atoms with E-state index in [9.17, 15) is 4.79 Å². The summed E-state index contributed by atoms with van der Waals surface area (Å²) >= 11 is 1.30. The predicted octanol–water partition coefficient (Wildman–Crippen LogP) is 4.64. The van der Waals surface area contributed by atoms with Gasteiger partial charge in [0.05, 0.1) is 39.3 Å². The molecule has 0 bridgehead atoms. The fraction of sp³-hybridized carbons (Fsp3) is 0.192. The maximum Gasteiger partial charge on any atom is 0.234 e. The summed E-state index contributed by atoms with van der Waals surface area (Å²) in [4.78, 5) is 12.7. The van der Waals surface area contributed by atoms with E-state index in [0.29, 0.717) is 29.0 Å². The van der Waals surface area contributed by atoms with Crippen molar-refractivity contribution in [2.24, 2.45) is 0 Å². The number of carbonyl (C=O) groups is 1. The number of para-hydroxylation sites is 2. The molecule has 0 saturated carbocycles. The van der Waals surface area contributed by atoms with Gasteiger partial charge in [-0.3, -0.25) is 9.36 Å². The van der Waals surface area contributed by atoms with Gasteiger partial charge in [-0.25, -0.2) is 0 Å². The van der Waals surface area contributed by atoms with Crippen LogP contribution in [0.25, 0.3) is 5.69 Å². The van der Waals surface area contributed by atoms with Gasteiger partial charge in [-0.1, -0.05) is 23.9 Å². The van der Waals surface area contributed by atoms with Gasteiger partial charge in [0.2, 0.25) is 5.91 Å². The summed E-state index contributed by atoms with van der Waals surface area (Å²) in [6, 6.07) is 22.5. The van der Waals surface area contributed by atoms with Crippen molar-refractivity contribution in [1.29, 1.82) is 0 Å². The molecular weight excluding hydrogens is 478 g/mol. The van der Waals surface area contributed by atoms with E-state index >= 15 is 0 Å². The van der Waals surface area contributed by atoms with Gasteiger partial charge in [0.25, 0.3) is 0 Å². The number of methoxy groups -OCH3 is 3. The highest BCUT2D eigenvalue weighted by atomic mass is 32.2. The highest BCUT2D eigenvalue weighted by Crippen LogP contribution is 2.26. The fourth-order valence-corrected chi connectivity index (χ4v) is 4.22. The Bertz CT molecular complexity index is 1290. The van der Waals surface area contributed by atoms with E-state index in [1.807, 2.05) is 65.2 Å². The predicted molar refractivity (Wildman–Crippen MR) is 141 cm³/mol. The lowest BCUT2D eigenvalue weighted by Crippen LogP contribution is -2.15. The molecule has 0 atom stereocenters. The minimum absolute atomic E-state index is 0.151. The van der Waals surface area contributed by atoms with Crippen LogP contribution in [0.2, 0.25) is 0 Å². The van der Waals surface area contributed by atoms with Crippen LogP contribution < -0.4 is 24.8 Å². The maximum absolute atomic E-state index is 12.7. The van der Waals surface area contributed by atoms with Crippen LogP contribution in [0.3, 0.4) is 0 Å². The van der Waals surface area contributed by atoms with E-state index in [1.54, 1.807) is 33.5 Å². The molecule has 10 heteroatoms. The first-order valence-electron chi connectivity index (χ1n) is 11.1. The summed E-state index contributed by atoms with van der Waals surface area (Å²) < 4.78 is 17.8. The van der Waals surface area contributed by atoms with Crippen LogP contribution in [-0.4, -0.2) is 47.8 Å². The molecule has 9 nitrogen and oxygen atoms in total. The molecule has 4 aromatic rings. The second-order valence-corrected chi connectivity index (χ2v) is 8.49. The standard InChI is InChI=1S/C26H27N5O4S/c1-33-20-12-8-18(9-13-20)27-16-24-29-30-26(31(24)19-10-14-21(34-2)15-11-19)36-17-25(32)28-22-6-4-5-7-23(22)35-3/h4-15,27H,16-17H2,1-3H3,(H,28,32). The number of thioether (sulfide) groups is 1. The zero-order chi connectivity index (χ0) is 25.3. The van der Waals surface area contributed by atoms with Gasteiger partial charge >= 0.3 is 0 Å². The second-order valence-electron chi connectivity index (χ2n) is 7.55. The third kappa shape index (κ3) is 6.08. The first-order valence-corrected chi connectivity index (χ1v) is 12.1. The average Bonchev–Trinajstić information content (AvgIpc) is 3.34. The van der Waals surface area contributed by atoms with Gasteiger partial charge in [0.15, 0.2) is 11.0 Å². The number of anilines is 2. The lowest BCUT2D eigenvalue weighted by atomic mass is 10.3. The number of amides is 1. The SMILES string of the molecule is COc1ccc(NCc2nnc(SCC(=O)Nc3ccccc3OC)n2-c2ccc(OC)cc2)cc1. The van der Waals surface area contributed by atoms with E-state index in [4.69, 9.17) is 14.2 Å². The molecule has 0 saturated heterocycles. The highest BCUT2D eigenvalue weighted by molar-refractivity contribution is 7.99. The molecule has 0 aliphatic heterocycles. The van der Waals surface area contributed by atoms with Crippen LogP contribution in [0.5, 0.6) is 17.2 Å². The third-order valence-electron chi connectivity index (χ3n) is 5.29. The van der Waals surface area contributed by atoms with E-state index in [-0.39, 0.29) is 11.7 Å². The molecule has 4 rings (SSSR count). The van der Waals surface area contributed by atoms with Crippen molar-refractivity contribution in [1.82, 2.24) is 14.8 Å². The number of benzene rings is 3. The van der Waals surface area contributed by atoms with E-state index in [0.717, 1.165) is 22.9 Å². The van der Waals surface area contributed by atoms with E-state index < -0.39 is 0 Å². The van der Waals surface area contributed by atoms with Gasteiger partial charge in [0.1, 0.15) is 17.2 Å². The molecule has 36 heavy (non-hydrogen) atoms. The Kier molecular flexibility index (Phi) is 8.30. The van der Waals surface area contributed by atoms with Crippen molar-refractivity contribution in [3.63, 3.8) is 0 Å². The van der Waals surface area contributed by atoms with Gasteiger partial charge < -0.3 is 24.8 Å². The van der Waals surface area contributed by atoms with E-state index in [2.05, 4.69) is 20.8 Å². The molecule has 0 aliphatic rings. The molecule has 186 valence electrons. The first kappa shape index (κ1) is 24.9. The highest BCUT2D eigenvalue weighted by Gasteiger charge is 2.17. The van der Waals surface area contributed by atoms with Gasteiger partial charge in [-0.2, -0.15) is 0 Å². The number of hydrogen-bond donors (Lipinski definition) is 2. The molecule has 0 radical (unpaired) electrons. The zero-order valence-corrected chi connectivity index (χ0v) is 21.0. The smallest absolute Gasteiger partial charge is 0.234 e. The lowest BCUT2D eigenvalue weighted by molar-refractivity contribution is -0.113. The van der Waals surface area contributed by atoms with E-state index in [1.165, 1.54) is 11.8 Å². The zero-order valence-electron chi connectivity index (χ0n) is 20.2.